The molecule has 2 nitrogen and oxygen atoms in total. The largest absolute Gasteiger partial charge is 0.328 e. The third-order valence-electron chi connectivity index (χ3n) is 2.21. The highest BCUT2D eigenvalue weighted by Gasteiger charge is 2.06. The third-order valence-corrected chi connectivity index (χ3v) is 2.49. The van der Waals surface area contributed by atoms with E-state index in [0.717, 1.165) is 5.56 Å². The number of hydrogen-bond donors (Lipinski definition) is 0. The summed E-state index contributed by atoms with van der Waals surface area (Å²) < 4.78 is 0. The number of hydrogen-bond acceptors (Lipinski definition) is 1. The number of rotatable bonds is 2. The summed E-state index contributed by atoms with van der Waals surface area (Å²) in [7, 11) is 1.69. The SMILES string of the molecule is Cc1ccc(CN(C)C(=O)Cl)c(C)c1. The number of aryl methyl sites for hydroxylation is 2. The van der Waals surface area contributed by atoms with Crippen LogP contribution >= 0.6 is 11.6 Å². The summed E-state index contributed by atoms with van der Waals surface area (Å²) in [6, 6.07) is 6.16. The lowest BCUT2D eigenvalue weighted by atomic mass is 10.1. The Balaban J connectivity index is 2.82. The third kappa shape index (κ3) is 2.74. The molecule has 0 radical (unpaired) electrons. The zero-order chi connectivity index (χ0) is 10.7. The number of nitrogens with zero attached hydrogens (tertiary/aromatic N) is 1. The molecule has 0 spiro atoms. The normalized spacial score (nSPS) is 10.0. The van der Waals surface area contributed by atoms with Gasteiger partial charge in [0.15, 0.2) is 0 Å². The van der Waals surface area contributed by atoms with Gasteiger partial charge in [-0.25, -0.2) is 0 Å². The van der Waals surface area contributed by atoms with Crippen LogP contribution in [0.15, 0.2) is 18.2 Å². The monoisotopic (exact) mass is 211 g/mol. The molecule has 0 saturated carbocycles. The van der Waals surface area contributed by atoms with Gasteiger partial charge >= 0.3 is 5.37 Å². The maximum atomic E-state index is 10.8. The first-order valence-electron chi connectivity index (χ1n) is 4.47. The Hall–Kier alpha value is -1.02. The molecule has 14 heavy (non-hydrogen) atoms. The van der Waals surface area contributed by atoms with Crippen molar-refractivity contribution < 1.29 is 4.79 Å². The lowest BCUT2D eigenvalue weighted by molar-refractivity contribution is 0.230. The highest BCUT2D eigenvalue weighted by Crippen LogP contribution is 2.13. The van der Waals surface area contributed by atoms with E-state index < -0.39 is 5.37 Å². The van der Waals surface area contributed by atoms with Gasteiger partial charge in [-0.2, -0.15) is 0 Å². The van der Waals surface area contributed by atoms with Crippen molar-refractivity contribution in [3.8, 4) is 0 Å². The van der Waals surface area contributed by atoms with E-state index in [2.05, 4.69) is 6.07 Å². The summed E-state index contributed by atoms with van der Waals surface area (Å²) in [6.45, 7) is 4.65. The molecule has 0 fully saturated rings. The molecule has 1 amide bonds. The summed E-state index contributed by atoms with van der Waals surface area (Å²) in [4.78, 5) is 12.3. The molecule has 0 heterocycles. The Kier molecular flexibility index (Phi) is 3.53. The molecule has 0 atom stereocenters. The summed E-state index contributed by atoms with van der Waals surface area (Å²) in [5, 5.41) is -0.426. The number of halogens is 1. The van der Waals surface area contributed by atoms with Crippen LogP contribution in [-0.2, 0) is 6.54 Å². The van der Waals surface area contributed by atoms with Crippen LogP contribution in [0.3, 0.4) is 0 Å². The van der Waals surface area contributed by atoms with Gasteiger partial charge in [-0.05, 0) is 36.6 Å². The molecule has 0 bridgehead atoms. The second kappa shape index (κ2) is 4.47. The molecule has 1 aromatic rings. The van der Waals surface area contributed by atoms with Crippen LogP contribution in [-0.4, -0.2) is 17.3 Å². The van der Waals surface area contributed by atoms with Crippen LogP contribution in [0.25, 0.3) is 0 Å². The predicted octanol–water partition coefficient (Wildman–Crippen LogP) is 3.09. The van der Waals surface area contributed by atoms with E-state index in [4.69, 9.17) is 11.6 Å². The lowest BCUT2D eigenvalue weighted by Gasteiger charge is -2.15. The van der Waals surface area contributed by atoms with E-state index in [1.165, 1.54) is 16.0 Å². The molecule has 0 aliphatic rings. The first kappa shape index (κ1) is 11.1. The number of benzene rings is 1. The molecule has 76 valence electrons. The Bertz CT molecular complexity index is 349. The summed E-state index contributed by atoms with van der Waals surface area (Å²) in [6.07, 6.45) is 0. The molecule has 1 aromatic carbocycles. The van der Waals surface area contributed by atoms with E-state index >= 15 is 0 Å². The topological polar surface area (TPSA) is 20.3 Å². The molecular weight excluding hydrogens is 198 g/mol. The van der Waals surface area contributed by atoms with Crippen LogP contribution in [0, 0.1) is 13.8 Å². The molecule has 0 N–H and O–H groups in total. The van der Waals surface area contributed by atoms with Gasteiger partial charge in [0.1, 0.15) is 0 Å². The highest BCUT2D eigenvalue weighted by atomic mass is 35.5. The molecule has 1 rings (SSSR count). The van der Waals surface area contributed by atoms with Gasteiger partial charge in [-0.15, -0.1) is 0 Å². The van der Waals surface area contributed by atoms with Gasteiger partial charge in [-0.1, -0.05) is 23.8 Å². The van der Waals surface area contributed by atoms with E-state index in [1.54, 1.807) is 7.05 Å². The molecular formula is C11H14ClNO. The average molecular weight is 212 g/mol. The van der Waals surface area contributed by atoms with Gasteiger partial charge in [-0.3, -0.25) is 4.79 Å². The Morgan fingerprint density at radius 2 is 2.07 bits per heavy atom. The van der Waals surface area contributed by atoms with Crippen LogP contribution < -0.4 is 0 Å². The fraction of sp³-hybridized carbons (Fsp3) is 0.364. The summed E-state index contributed by atoms with van der Waals surface area (Å²) in [5.74, 6) is 0. The van der Waals surface area contributed by atoms with Crippen molar-refractivity contribution in [2.75, 3.05) is 7.05 Å². The van der Waals surface area contributed by atoms with Gasteiger partial charge < -0.3 is 4.90 Å². The number of amides is 1. The maximum absolute atomic E-state index is 10.8. The van der Waals surface area contributed by atoms with Crippen molar-refractivity contribution in [3.63, 3.8) is 0 Å². The minimum atomic E-state index is -0.426. The second-order valence-corrected chi connectivity index (χ2v) is 3.86. The van der Waals surface area contributed by atoms with Crippen molar-refractivity contribution in [2.24, 2.45) is 0 Å². The first-order chi connectivity index (χ1) is 6.50. The van der Waals surface area contributed by atoms with Crippen molar-refractivity contribution >= 4 is 17.0 Å². The van der Waals surface area contributed by atoms with Crippen molar-refractivity contribution in [2.45, 2.75) is 20.4 Å². The van der Waals surface area contributed by atoms with Crippen LogP contribution in [0.5, 0.6) is 0 Å². The fourth-order valence-electron chi connectivity index (χ4n) is 1.34. The summed E-state index contributed by atoms with van der Waals surface area (Å²) in [5.41, 5.74) is 3.55. The fourth-order valence-corrected chi connectivity index (χ4v) is 1.40. The van der Waals surface area contributed by atoms with Crippen molar-refractivity contribution in [3.05, 3.63) is 34.9 Å². The smallest absolute Gasteiger partial charge is 0.316 e. The van der Waals surface area contributed by atoms with Gasteiger partial charge in [0.05, 0.1) is 0 Å². The van der Waals surface area contributed by atoms with Crippen LogP contribution in [0.1, 0.15) is 16.7 Å². The van der Waals surface area contributed by atoms with E-state index in [1.807, 2.05) is 26.0 Å². The molecule has 0 aliphatic heterocycles. The minimum Gasteiger partial charge on any atom is -0.328 e. The Morgan fingerprint density at radius 3 is 2.57 bits per heavy atom. The van der Waals surface area contributed by atoms with Crippen LogP contribution in [0.4, 0.5) is 4.79 Å². The average Bonchev–Trinajstić information content (AvgIpc) is 2.09. The first-order valence-corrected chi connectivity index (χ1v) is 4.85. The second-order valence-electron chi connectivity index (χ2n) is 3.54. The minimum absolute atomic E-state index is 0.426. The highest BCUT2D eigenvalue weighted by molar-refractivity contribution is 6.62. The number of carbonyl (C=O) groups is 1. The predicted molar refractivity (Wildman–Crippen MR) is 58.6 cm³/mol. The standard InChI is InChI=1S/C11H14ClNO/c1-8-4-5-10(9(2)6-8)7-13(3)11(12)14/h4-6H,7H2,1-3H3. The van der Waals surface area contributed by atoms with E-state index in [-0.39, 0.29) is 0 Å². The van der Waals surface area contributed by atoms with E-state index in [9.17, 15) is 4.79 Å². The zero-order valence-corrected chi connectivity index (χ0v) is 9.43. The Morgan fingerprint density at radius 1 is 1.43 bits per heavy atom. The van der Waals surface area contributed by atoms with Gasteiger partial charge in [0, 0.05) is 13.6 Å². The zero-order valence-electron chi connectivity index (χ0n) is 8.67. The Labute approximate surface area is 89.5 Å². The summed E-state index contributed by atoms with van der Waals surface area (Å²) >= 11 is 5.35. The van der Waals surface area contributed by atoms with Crippen LogP contribution in [0.2, 0.25) is 0 Å². The molecule has 0 aliphatic carbocycles. The molecule has 0 saturated heterocycles. The van der Waals surface area contributed by atoms with E-state index in [0.29, 0.717) is 6.54 Å². The lowest BCUT2D eigenvalue weighted by Crippen LogP contribution is -2.20. The molecule has 0 unspecified atom stereocenters. The molecule has 3 heteroatoms. The van der Waals surface area contributed by atoms with Crippen molar-refractivity contribution in [1.29, 1.82) is 0 Å². The van der Waals surface area contributed by atoms with Gasteiger partial charge in [0.25, 0.3) is 0 Å². The van der Waals surface area contributed by atoms with Gasteiger partial charge in [0.2, 0.25) is 0 Å². The quantitative estimate of drug-likeness (QED) is 0.544. The van der Waals surface area contributed by atoms with Crippen molar-refractivity contribution in [1.82, 2.24) is 4.90 Å². The molecule has 0 aromatic heterocycles. The number of carbonyl (C=O) groups excluding carboxylic acids is 1. The maximum Gasteiger partial charge on any atom is 0.316 e.